The Labute approximate surface area is 163 Å². The molecular formula is C21H23N5O2. The van der Waals surface area contributed by atoms with Gasteiger partial charge in [-0.05, 0) is 30.5 Å². The van der Waals surface area contributed by atoms with Crippen molar-refractivity contribution in [1.29, 1.82) is 0 Å². The Kier molecular flexibility index (Phi) is 5.06. The molecule has 144 valence electrons. The Bertz CT molecular complexity index is 873. The average molecular weight is 377 g/mol. The van der Waals surface area contributed by atoms with E-state index in [1.54, 1.807) is 17.1 Å². The number of amides is 2. The number of piperidine rings is 1. The van der Waals surface area contributed by atoms with E-state index in [0.29, 0.717) is 5.56 Å². The number of hydrazone groups is 1. The summed E-state index contributed by atoms with van der Waals surface area (Å²) in [7, 11) is 0. The van der Waals surface area contributed by atoms with Crippen LogP contribution in [0.15, 0.2) is 53.8 Å². The van der Waals surface area contributed by atoms with Gasteiger partial charge in [-0.15, -0.1) is 0 Å². The number of hydrogen-bond donors (Lipinski definition) is 1. The highest BCUT2D eigenvalue weighted by Gasteiger charge is 2.34. The van der Waals surface area contributed by atoms with Crippen molar-refractivity contribution < 1.29 is 9.59 Å². The predicted molar refractivity (Wildman–Crippen MR) is 107 cm³/mol. The molecule has 7 heteroatoms. The van der Waals surface area contributed by atoms with Gasteiger partial charge in [-0.25, -0.2) is 9.99 Å². The minimum atomic E-state index is -0.484. The van der Waals surface area contributed by atoms with Gasteiger partial charge in [0.25, 0.3) is 0 Å². The van der Waals surface area contributed by atoms with E-state index < -0.39 is 5.91 Å². The number of carbonyl (C=O) groups is 2. The molecule has 0 radical (unpaired) electrons. The van der Waals surface area contributed by atoms with Gasteiger partial charge in [0, 0.05) is 37.8 Å². The van der Waals surface area contributed by atoms with Crippen LogP contribution in [-0.2, 0) is 4.79 Å². The minimum Gasteiger partial charge on any atom is -0.366 e. The summed E-state index contributed by atoms with van der Waals surface area (Å²) in [4.78, 5) is 30.7. The Morgan fingerprint density at radius 1 is 1.04 bits per heavy atom. The minimum absolute atomic E-state index is 0.00487. The van der Waals surface area contributed by atoms with Crippen molar-refractivity contribution in [3.8, 4) is 0 Å². The van der Waals surface area contributed by atoms with Crippen molar-refractivity contribution in [2.75, 3.05) is 18.0 Å². The monoisotopic (exact) mass is 377 g/mol. The third-order valence-electron chi connectivity index (χ3n) is 5.44. The van der Waals surface area contributed by atoms with Crippen LogP contribution >= 0.6 is 0 Å². The standard InChI is InChI=1S/C21H23N5O2/c22-20(27)17-6-7-19(23-14-17)25-12-9-16(10-13-25)21(28)26-18(8-11-24-26)15-4-2-1-3-5-15/h1-7,11,14,16,18H,8-10,12-13H2,(H2,22,27)/t18-/m0/s1. The molecule has 0 saturated carbocycles. The SMILES string of the molecule is NC(=O)c1ccc(N2CCC(C(=O)N3N=CC[C@H]3c3ccccc3)CC2)nc1. The van der Waals surface area contributed by atoms with Crippen molar-refractivity contribution in [3.05, 3.63) is 59.8 Å². The number of hydrogen-bond acceptors (Lipinski definition) is 5. The van der Waals surface area contributed by atoms with Crippen LogP contribution in [0.5, 0.6) is 0 Å². The molecule has 1 atom stereocenters. The number of aromatic nitrogens is 1. The van der Waals surface area contributed by atoms with Crippen LogP contribution in [0.4, 0.5) is 5.82 Å². The summed E-state index contributed by atoms with van der Waals surface area (Å²) < 4.78 is 0. The zero-order chi connectivity index (χ0) is 19.5. The van der Waals surface area contributed by atoms with E-state index in [0.717, 1.165) is 43.7 Å². The topological polar surface area (TPSA) is 91.9 Å². The molecule has 2 aromatic rings. The first-order valence-electron chi connectivity index (χ1n) is 9.55. The molecule has 7 nitrogen and oxygen atoms in total. The summed E-state index contributed by atoms with van der Waals surface area (Å²) in [5.41, 5.74) is 6.77. The van der Waals surface area contributed by atoms with Gasteiger partial charge in [-0.1, -0.05) is 30.3 Å². The molecule has 0 spiro atoms. The first kappa shape index (κ1) is 18.2. The van der Waals surface area contributed by atoms with Gasteiger partial charge in [0.1, 0.15) is 5.82 Å². The fourth-order valence-corrected chi connectivity index (χ4v) is 3.84. The fraction of sp³-hybridized carbons (Fsp3) is 0.333. The first-order valence-corrected chi connectivity index (χ1v) is 9.55. The highest BCUT2D eigenvalue weighted by molar-refractivity contribution is 5.92. The summed E-state index contributed by atoms with van der Waals surface area (Å²) in [5, 5.41) is 6.02. The van der Waals surface area contributed by atoms with E-state index in [9.17, 15) is 9.59 Å². The lowest BCUT2D eigenvalue weighted by atomic mass is 9.94. The van der Waals surface area contributed by atoms with Crippen molar-refractivity contribution in [3.63, 3.8) is 0 Å². The second kappa shape index (κ2) is 7.80. The molecule has 1 aromatic carbocycles. The largest absolute Gasteiger partial charge is 0.366 e. The van der Waals surface area contributed by atoms with E-state index in [-0.39, 0.29) is 17.9 Å². The van der Waals surface area contributed by atoms with Gasteiger partial charge in [0.15, 0.2) is 0 Å². The molecule has 1 saturated heterocycles. The Hall–Kier alpha value is -3.22. The summed E-state index contributed by atoms with van der Waals surface area (Å²) in [5.74, 6) is 0.377. The Balaban J connectivity index is 1.38. The molecule has 1 fully saturated rings. The molecule has 2 aliphatic rings. The molecule has 3 heterocycles. The van der Waals surface area contributed by atoms with Gasteiger partial charge in [0.2, 0.25) is 11.8 Å². The lowest BCUT2D eigenvalue weighted by Gasteiger charge is -2.34. The van der Waals surface area contributed by atoms with Gasteiger partial charge in [-0.3, -0.25) is 9.59 Å². The van der Waals surface area contributed by atoms with Crippen LogP contribution in [0, 0.1) is 5.92 Å². The van der Waals surface area contributed by atoms with Crippen LogP contribution in [-0.4, -0.2) is 41.1 Å². The van der Waals surface area contributed by atoms with Crippen molar-refractivity contribution in [2.45, 2.75) is 25.3 Å². The van der Waals surface area contributed by atoms with Crippen LogP contribution < -0.4 is 10.6 Å². The highest BCUT2D eigenvalue weighted by atomic mass is 16.2. The maximum absolute atomic E-state index is 13.1. The van der Waals surface area contributed by atoms with Gasteiger partial charge in [0.05, 0.1) is 11.6 Å². The number of carbonyl (C=O) groups excluding carboxylic acids is 2. The van der Waals surface area contributed by atoms with E-state index in [2.05, 4.69) is 15.0 Å². The zero-order valence-electron chi connectivity index (χ0n) is 15.6. The van der Waals surface area contributed by atoms with Gasteiger partial charge in [-0.2, -0.15) is 5.10 Å². The lowest BCUT2D eigenvalue weighted by molar-refractivity contribution is -0.138. The summed E-state index contributed by atoms with van der Waals surface area (Å²) in [6, 6.07) is 13.5. The maximum atomic E-state index is 13.1. The van der Waals surface area contributed by atoms with Crippen molar-refractivity contribution in [2.24, 2.45) is 16.8 Å². The molecule has 0 aliphatic carbocycles. The van der Waals surface area contributed by atoms with Crippen LogP contribution in [0.3, 0.4) is 0 Å². The van der Waals surface area contributed by atoms with Crippen LogP contribution in [0.2, 0.25) is 0 Å². The third kappa shape index (κ3) is 3.60. The molecule has 2 amide bonds. The van der Waals surface area contributed by atoms with Crippen LogP contribution in [0.1, 0.15) is 41.2 Å². The smallest absolute Gasteiger partial charge is 0.250 e. The Morgan fingerprint density at radius 3 is 2.43 bits per heavy atom. The zero-order valence-corrected chi connectivity index (χ0v) is 15.6. The third-order valence-corrected chi connectivity index (χ3v) is 5.44. The van der Waals surface area contributed by atoms with E-state index in [1.165, 1.54) is 6.20 Å². The number of nitrogens with two attached hydrogens (primary N) is 1. The second-order valence-electron chi connectivity index (χ2n) is 7.17. The molecule has 28 heavy (non-hydrogen) atoms. The quantitative estimate of drug-likeness (QED) is 0.885. The first-order chi connectivity index (χ1) is 13.6. The number of benzene rings is 1. The molecule has 2 N–H and O–H groups in total. The van der Waals surface area contributed by atoms with Gasteiger partial charge < -0.3 is 10.6 Å². The Morgan fingerprint density at radius 2 is 1.79 bits per heavy atom. The number of nitrogens with zero attached hydrogens (tertiary/aromatic N) is 4. The highest BCUT2D eigenvalue weighted by Crippen LogP contribution is 2.32. The van der Waals surface area contributed by atoms with E-state index in [4.69, 9.17) is 5.73 Å². The summed E-state index contributed by atoms with van der Waals surface area (Å²) >= 11 is 0. The normalized spacial score (nSPS) is 19.8. The molecular weight excluding hydrogens is 354 g/mol. The van der Waals surface area contributed by atoms with Gasteiger partial charge >= 0.3 is 0 Å². The number of primary amides is 1. The maximum Gasteiger partial charge on any atom is 0.250 e. The molecule has 2 aliphatic heterocycles. The molecule has 4 rings (SSSR count). The summed E-state index contributed by atoms with van der Waals surface area (Å²) in [6.07, 6.45) is 5.59. The van der Waals surface area contributed by atoms with E-state index >= 15 is 0 Å². The fourth-order valence-electron chi connectivity index (χ4n) is 3.84. The molecule has 0 bridgehead atoms. The molecule has 0 unspecified atom stereocenters. The second-order valence-corrected chi connectivity index (χ2v) is 7.17. The summed E-state index contributed by atoms with van der Waals surface area (Å²) in [6.45, 7) is 1.49. The number of pyridine rings is 1. The number of rotatable bonds is 4. The van der Waals surface area contributed by atoms with Crippen LogP contribution in [0.25, 0.3) is 0 Å². The van der Waals surface area contributed by atoms with E-state index in [1.807, 2.05) is 36.5 Å². The molecule has 1 aromatic heterocycles. The average Bonchev–Trinajstić information content (AvgIpc) is 3.24. The lowest BCUT2D eigenvalue weighted by Crippen LogP contribution is -2.41. The van der Waals surface area contributed by atoms with Crippen molar-refractivity contribution >= 4 is 23.8 Å². The predicted octanol–water partition coefficient (Wildman–Crippen LogP) is 2.36. The van der Waals surface area contributed by atoms with Crippen molar-refractivity contribution in [1.82, 2.24) is 9.99 Å². The number of anilines is 1.